The number of piperidine rings is 1. The van der Waals surface area contributed by atoms with Crippen molar-refractivity contribution in [1.29, 1.82) is 0 Å². The number of carbonyl (C=O) groups is 1. The van der Waals surface area contributed by atoms with Gasteiger partial charge in [-0.05, 0) is 19.8 Å². The third kappa shape index (κ3) is 3.44. The van der Waals surface area contributed by atoms with Crippen LogP contribution < -0.4 is 9.64 Å². The highest BCUT2D eigenvalue weighted by Crippen LogP contribution is 2.33. The third-order valence-corrected chi connectivity index (χ3v) is 3.70. The number of nitro groups is 1. The molecule has 1 aliphatic rings. The first-order valence-electron chi connectivity index (χ1n) is 7.16. The van der Waals surface area contributed by atoms with E-state index in [0.29, 0.717) is 44.1 Å². The second-order valence-electron chi connectivity index (χ2n) is 4.99. The first-order chi connectivity index (χ1) is 10.6. The van der Waals surface area contributed by atoms with Crippen LogP contribution in [0.15, 0.2) is 12.3 Å². The van der Waals surface area contributed by atoms with Crippen molar-refractivity contribution in [2.24, 2.45) is 5.92 Å². The summed E-state index contributed by atoms with van der Waals surface area (Å²) in [5.74, 6) is -0.00364. The molecule has 0 spiro atoms. The molecule has 0 atom stereocenters. The van der Waals surface area contributed by atoms with Gasteiger partial charge in [-0.3, -0.25) is 14.9 Å². The molecule has 0 aromatic carbocycles. The van der Waals surface area contributed by atoms with E-state index in [-0.39, 0.29) is 17.6 Å². The minimum Gasteiger partial charge on any atom is -0.481 e. The number of aromatic nitrogens is 1. The topological polar surface area (TPSA) is 94.8 Å². The summed E-state index contributed by atoms with van der Waals surface area (Å²) in [6.45, 7) is 3.25. The Morgan fingerprint density at radius 2 is 2.18 bits per heavy atom. The van der Waals surface area contributed by atoms with E-state index in [9.17, 15) is 14.9 Å². The van der Waals surface area contributed by atoms with Gasteiger partial charge in [0.15, 0.2) is 0 Å². The monoisotopic (exact) mass is 309 g/mol. The van der Waals surface area contributed by atoms with Crippen LogP contribution in [-0.4, -0.2) is 42.7 Å². The van der Waals surface area contributed by atoms with Gasteiger partial charge in [0.25, 0.3) is 0 Å². The highest BCUT2D eigenvalue weighted by molar-refractivity contribution is 5.73. The molecule has 0 aliphatic carbocycles. The minimum atomic E-state index is -0.459. The van der Waals surface area contributed by atoms with Crippen LogP contribution >= 0.6 is 0 Å². The average molecular weight is 309 g/mol. The molecule has 2 rings (SSSR count). The number of ether oxygens (including phenoxy) is 2. The van der Waals surface area contributed by atoms with E-state index in [1.807, 2.05) is 4.90 Å². The van der Waals surface area contributed by atoms with E-state index in [1.165, 1.54) is 13.3 Å². The zero-order valence-electron chi connectivity index (χ0n) is 12.7. The first kappa shape index (κ1) is 16.0. The lowest BCUT2D eigenvalue weighted by molar-refractivity contribution is -0.384. The van der Waals surface area contributed by atoms with E-state index in [2.05, 4.69) is 4.98 Å². The second kappa shape index (κ2) is 7.06. The predicted molar refractivity (Wildman–Crippen MR) is 79.0 cm³/mol. The molecule has 1 aromatic rings. The van der Waals surface area contributed by atoms with E-state index in [4.69, 9.17) is 9.47 Å². The van der Waals surface area contributed by atoms with Gasteiger partial charge >= 0.3 is 11.7 Å². The standard InChI is InChI=1S/C14H19N3O5/c1-3-22-14(18)10-4-6-16(7-5-10)11-8-13(21-2)15-9-12(11)17(19)20/h8-10H,3-7H2,1-2H3. The van der Waals surface area contributed by atoms with E-state index in [1.54, 1.807) is 13.0 Å². The van der Waals surface area contributed by atoms with Crippen molar-refractivity contribution < 1.29 is 19.2 Å². The van der Waals surface area contributed by atoms with Gasteiger partial charge in [0.2, 0.25) is 5.88 Å². The van der Waals surface area contributed by atoms with E-state index < -0.39 is 4.92 Å². The molecule has 0 saturated carbocycles. The number of rotatable bonds is 5. The number of nitrogens with zero attached hydrogens (tertiary/aromatic N) is 3. The number of carbonyl (C=O) groups excluding carboxylic acids is 1. The van der Waals surface area contributed by atoms with Crippen molar-refractivity contribution in [3.05, 3.63) is 22.4 Å². The molecule has 8 nitrogen and oxygen atoms in total. The maximum atomic E-state index is 11.7. The van der Waals surface area contributed by atoms with Crippen LogP contribution in [0.3, 0.4) is 0 Å². The molecule has 0 N–H and O–H groups in total. The Balaban J connectivity index is 2.13. The summed E-state index contributed by atoms with van der Waals surface area (Å²) in [6, 6.07) is 1.56. The predicted octanol–water partition coefficient (Wildman–Crippen LogP) is 1.78. The number of methoxy groups -OCH3 is 1. The van der Waals surface area contributed by atoms with Gasteiger partial charge in [0.05, 0.1) is 24.6 Å². The van der Waals surface area contributed by atoms with Crippen molar-refractivity contribution in [2.75, 3.05) is 31.7 Å². The van der Waals surface area contributed by atoms with Crippen LogP contribution in [-0.2, 0) is 9.53 Å². The summed E-state index contributed by atoms with van der Waals surface area (Å²) in [4.78, 5) is 28.2. The minimum absolute atomic E-state index is 0.0598. The lowest BCUT2D eigenvalue weighted by Gasteiger charge is -2.32. The van der Waals surface area contributed by atoms with Gasteiger partial charge in [0.1, 0.15) is 11.9 Å². The molecule has 22 heavy (non-hydrogen) atoms. The van der Waals surface area contributed by atoms with Gasteiger partial charge in [-0.25, -0.2) is 4.98 Å². The Morgan fingerprint density at radius 3 is 2.73 bits per heavy atom. The van der Waals surface area contributed by atoms with Crippen molar-refractivity contribution in [2.45, 2.75) is 19.8 Å². The summed E-state index contributed by atoms with van der Waals surface area (Å²) < 4.78 is 10.1. The fourth-order valence-corrected chi connectivity index (χ4v) is 2.54. The highest BCUT2D eigenvalue weighted by atomic mass is 16.6. The zero-order chi connectivity index (χ0) is 16.1. The number of pyridine rings is 1. The number of hydrogen-bond acceptors (Lipinski definition) is 7. The van der Waals surface area contributed by atoms with Crippen molar-refractivity contribution in [3.63, 3.8) is 0 Å². The van der Waals surface area contributed by atoms with Gasteiger partial charge in [0, 0.05) is 19.2 Å². The Labute approximate surface area is 128 Å². The molecule has 0 radical (unpaired) electrons. The van der Waals surface area contributed by atoms with Crippen LogP contribution in [0.1, 0.15) is 19.8 Å². The van der Waals surface area contributed by atoms with Gasteiger partial charge in [-0.1, -0.05) is 0 Å². The van der Waals surface area contributed by atoms with Crippen molar-refractivity contribution in [3.8, 4) is 5.88 Å². The summed E-state index contributed by atoms with van der Waals surface area (Å²) in [5.41, 5.74) is 0.412. The fourth-order valence-electron chi connectivity index (χ4n) is 2.54. The highest BCUT2D eigenvalue weighted by Gasteiger charge is 2.29. The molecule has 1 aromatic heterocycles. The van der Waals surface area contributed by atoms with Crippen LogP contribution in [0.25, 0.3) is 0 Å². The van der Waals surface area contributed by atoms with E-state index >= 15 is 0 Å². The molecular formula is C14H19N3O5. The largest absolute Gasteiger partial charge is 0.481 e. The molecule has 0 bridgehead atoms. The molecule has 8 heteroatoms. The molecule has 2 heterocycles. The maximum Gasteiger partial charge on any atom is 0.310 e. The van der Waals surface area contributed by atoms with E-state index in [0.717, 1.165) is 0 Å². The number of hydrogen-bond donors (Lipinski definition) is 0. The molecule has 0 amide bonds. The normalized spacial score (nSPS) is 15.5. The summed E-state index contributed by atoms with van der Waals surface area (Å²) in [7, 11) is 1.46. The Bertz CT molecular complexity index is 555. The summed E-state index contributed by atoms with van der Waals surface area (Å²) >= 11 is 0. The lowest BCUT2D eigenvalue weighted by atomic mass is 9.96. The van der Waals surface area contributed by atoms with Crippen LogP contribution in [0.4, 0.5) is 11.4 Å². The Morgan fingerprint density at radius 1 is 1.50 bits per heavy atom. The van der Waals surface area contributed by atoms with Crippen LogP contribution in [0, 0.1) is 16.0 Å². The molecule has 1 fully saturated rings. The zero-order valence-corrected chi connectivity index (χ0v) is 12.7. The average Bonchev–Trinajstić information content (AvgIpc) is 2.54. The van der Waals surface area contributed by atoms with Crippen LogP contribution in [0.2, 0.25) is 0 Å². The summed E-state index contributed by atoms with van der Waals surface area (Å²) in [6.07, 6.45) is 2.42. The van der Waals surface area contributed by atoms with Gasteiger partial charge in [-0.2, -0.15) is 0 Å². The number of anilines is 1. The van der Waals surface area contributed by atoms with Gasteiger partial charge < -0.3 is 14.4 Å². The summed E-state index contributed by atoms with van der Waals surface area (Å²) in [5, 5.41) is 11.1. The molecule has 1 saturated heterocycles. The van der Waals surface area contributed by atoms with Crippen molar-refractivity contribution >= 4 is 17.3 Å². The van der Waals surface area contributed by atoms with Crippen molar-refractivity contribution in [1.82, 2.24) is 4.98 Å². The maximum absolute atomic E-state index is 11.7. The molecule has 0 unspecified atom stereocenters. The number of esters is 1. The van der Waals surface area contributed by atoms with Gasteiger partial charge in [-0.15, -0.1) is 0 Å². The SMILES string of the molecule is CCOC(=O)C1CCN(c2cc(OC)ncc2[N+](=O)[O-])CC1. The quantitative estimate of drug-likeness (QED) is 0.464. The fraction of sp³-hybridized carbons (Fsp3) is 0.571. The second-order valence-corrected chi connectivity index (χ2v) is 4.99. The lowest BCUT2D eigenvalue weighted by Crippen LogP contribution is -2.37. The molecule has 120 valence electrons. The smallest absolute Gasteiger partial charge is 0.310 e. The Hall–Kier alpha value is -2.38. The third-order valence-electron chi connectivity index (χ3n) is 3.70. The Kier molecular flexibility index (Phi) is 5.13. The molecular weight excluding hydrogens is 290 g/mol. The molecule has 1 aliphatic heterocycles. The van der Waals surface area contributed by atoms with Crippen LogP contribution in [0.5, 0.6) is 5.88 Å². The first-order valence-corrected chi connectivity index (χ1v) is 7.16.